The van der Waals surface area contributed by atoms with Gasteiger partial charge in [0.1, 0.15) is 11.9 Å². The van der Waals surface area contributed by atoms with Crippen LogP contribution >= 0.6 is 0 Å². The average molecular weight is 348 g/mol. The van der Waals surface area contributed by atoms with E-state index in [1.54, 1.807) is 24.3 Å². The highest BCUT2D eigenvalue weighted by atomic mass is 32.2. The van der Waals surface area contributed by atoms with Gasteiger partial charge in [-0.3, -0.25) is 4.79 Å². The first-order valence-corrected chi connectivity index (χ1v) is 9.06. The average Bonchev–Trinajstić information content (AvgIpc) is 3.07. The predicted molar refractivity (Wildman–Crippen MR) is 88.4 cm³/mol. The van der Waals surface area contributed by atoms with E-state index < -0.39 is 21.9 Å². The van der Waals surface area contributed by atoms with Gasteiger partial charge >= 0.3 is 0 Å². The molecule has 1 atom stereocenters. The van der Waals surface area contributed by atoms with Gasteiger partial charge in [0, 0.05) is 12.2 Å². The third-order valence-corrected chi connectivity index (χ3v) is 5.89. The van der Waals surface area contributed by atoms with Crippen molar-refractivity contribution in [3.8, 4) is 0 Å². The highest BCUT2D eigenvalue weighted by Gasteiger charge is 2.39. The molecule has 0 bridgehead atoms. The lowest BCUT2D eigenvalue weighted by atomic mass is 10.2. The second-order valence-corrected chi connectivity index (χ2v) is 7.47. The highest BCUT2D eigenvalue weighted by Crippen LogP contribution is 2.27. The molecule has 1 fully saturated rings. The third-order valence-electron chi connectivity index (χ3n) is 3.97. The van der Waals surface area contributed by atoms with Crippen molar-refractivity contribution in [2.45, 2.75) is 23.8 Å². The molecule has 7 heteroatoms. The van der Waals surface area contributed by atoms with E-state index in [1.165, 1.54) is 16.4 Å². The van der Waals surface area contributed by atoms with Crippen LogP contribution in [0, 0.1) is 5.82 Å². The lowest BCUT2D eigenvalue weighted by molar-refractivity contribution is -0.119. The van der Waals surface area contributed by atoms with Crippen molar-refractivity contribution >= 4 is 21.6 Å². The van der Waals surface area contributed by atoms with Gasteiger partial charge < -0.3 is 5.32 Å². The Morgan fingerprint density at radius 1 is 1.08 bits per heavy atom. The van der Waals surface area contributed by atoms with Crippen molar-refractivity contribution in [3.63, 3.8) is 0 Å². The van der Waals surface area contributed by atoms with Gasteiger partial charge in [0.15, 0.2) is 0 Å². The van der Waals surface area contributed by atoms with E-state index in [0.29, 0.717) is 18.5 Å². The third kappa shape index (κ3) is 3.32. The Labute approximate surface area is 140 Å². The second kappa shape index (κ2) is 6.70. The van der Waals surface area contributed by atoms with Crippen molar-refractivity contribution < 1.29 is 17.6 Å². The van der Waals surface area contributed by atoms with Crippen LogP contribution in [0.3, 0.4) is 0 Å². The summed E-state index contributed by atoms with van der Waals surface area (Å²) in [4.78, 5) is 12.5. The van der Waals surface area contributed by atoms with Crippen LogP contribution in [0.1, 0.15) is 12.8 Å². The molecule has 2 aromatic rings. The molecule has 0 radical (unpaired) electrons. The molecule has 1 amide bonds. The Bertz CT molecular complexity index is 823. The van der Waals surface area contributed by atoms with Crippen molar-refractivity contribution in [1.82, 2.24) is 4.31 Å². The molecule has 1 saturated heterocycles. The molecule has 1 aliphatic rings. The van der Waals surface area contributed by atoms with E-state index in [2.05, 4.69) is 5.32 Å². The number of hydrogen-bond donors (Lipinski definition) is 1. The summed E-state index contributed by atoms with van der Waals surface area (Å²) >= 11 is 0. The van der Waals surface area contributed by atoms with E-state index >= 15 is 0 Å². The number of amides is 1. The number of rotatable bonds is 4. The number of benzene rings is 2. The van der Waals surface area contributed by atoms with Crippen molar-refractivity contribution in [3.05, 3.63) is 60.4 Å². The van der Waals surface area contributed by atoms with Crippen molar-refractivity contribution in [2.24, 2.45) is 0 Å². The second-order valence-electron chi connectivity index (χ2n) is 5.58. The Hall–Kier alpha value is -2.25. The number of carbonyl (C=O) groups is 1. The Morgan fingerprint density at radius 2 is 1.75 bits per heavy atom. The molecule has 2 aromatic carbocycles. The molecule has 1 unspecified atom stereocenters. The normalized spacial score (nSPS) is 18.5. The minimum atomic E-state index is -3.84. The molecule has 126 valence electrons. The maximum absolute atomic E-state index is 13.0. The standard InChI is InChI=1S/C17H17FN2O3S/c18-13-8-10-15(11-9-13)24(22,23)20-12-4-7-16(20)17(21)19-14-5-2-1-3-6-14/h1-3,5-6,8-11,16H,4,7,12H2,(H,19,21). The lowest BCUT2D eigenvalue weighted by Gasteiger charge is -2.23. The molecule has 3 rings (SSSR count). The fourth-order valence-corrected chi connectivity index (χ4v) is 4.44. The maximum atomic E-state index is 13.0. The number of nitrogens with one attached hydrogen (secondary N) is 1. The monoisotopic (exact) mass is 348 g/mol. The summed E-state index contributed by atoms with van der Waals surface area (Å²) in [5.41, 5.74) is 0.619. The highest BCUT2D eigenvalue weighted by molar-refractivity contribution is 7.89. The lowest BCUT2D eigenvalue weighted by Crippen LogP contribution is -2.43. The summed E-state index contributed by atoms with van der Waals surface area (Å²) in [5, 5.41) is 2.74. The minimum absolute atomic E-state index is 0.0108. The van der Waals surface area contributed by atoms with E-state index in [4.69, 9.17) is 0 Å². The zero-order valence-electron chi connectivity index (χ0n) is 12.9. The van der Waals surface area contributed by atoms with Crippen LogP contribution in [0.15, 0.2) is 59.5 Å². The number of nitrogens with zero attached hydrogens (tertiary/aromatic N) is 1. The topological polar surface area (TPSA) is 66.5 Å². The zero-order chi connectivity index (χ0) is 17.2. The number of para-hydroxylation sites is 1. The SMILES string of the molecule is O=C(Nc1ccccc1)C1CCCN1S(=O)(=O)c1ccc(F)cc1. The smallest absolute Gasteiger partial charge is 0.243 e. The minimum Gasteiger partial charge on any atom is -0.325 e. The van der Waals surface area contributed by atoms with Gasteiger partial charge in [0.25, 0.3) is 0 Å². The Morgan fingerprint density at radius 3 is 2.42 bits per heavy atom. The van der Waals surface area contributed by atoms with Crippen LogP contribution in [0.2, 0.25) is 0 Å². The largest absolute Gasteiger partial charge is 0.325 e. The van der Waals surface area contributed by atoms with Gasteiger partial charge in [0.05, 0.1) is 4.90 Å². The fraction of sp³-hybridized carbons (Fsp3) is 0.235. The molecule has 1 heterocycles. The van der Waals surface area contributed by atoms with E-state index in [-0.39, 0.29) is 17.3 Å². The predicted octanol–water partition coefficient (Wildman–Crippen LogP) is 2.62. The molecular weight excluding hydrogens is 331 g/mol. The van der Waals surface area contributed by atoms with Gasteiger partial charge in [-0.25, -0.2) is 12.8 Å². The summed E-state index contributed by atoms with van der Waals surface area (Å²) in [5.74, 6) is -0.863. The molecule has 1 aliphatic heterocycles. The summed E-state index contributed by atoms with van der Waals surface area (Å²) in [6.07, 6.45) is 1.06. The first-order valence-electron chi connectivity index (χ1n) is 7.62. The van der Waals surface area contributed by atoms with Crippen LogP contribution in [0.4, 0.5) is 10.1 Å². The molecule has 0 saturated carbocycles. The summed E-state index contributed by atoms with van der Waals surface area (Å²) < 4.78 is 39.7. The quantitative estimate of drug-likeness (QED) is 0.924. The van der Waals surface area contributed by atoms with Gasteiger partial charge in [-0.05, 0) is 49.2 Å². The van der Waals surface area contributed by atoms with Crippen molar-refractivity contribution in [1.29, 1.82) is 0 Å². The van der Waals surface area contributed by atoms with Crippen LogP contribution in [0.25, 0.3) is 0 Å². The molecule has 1 N–H and O–H groups in total. The number of carbonyl (C=O) groups excluding carboxylic acids is 1. The summed E-state index contributed by atoms with van der Waals surface area (Å²) in [6.45, 7) is 0.270. The number of anilines is 1. The van der Waals surface area contributed by atoms with Gasteiger partial charge in [0.2, 0.25) is 15.9 Å². The fourth-order valence-electron chi connectivity index (χ4n) is 2.78. The Balaban J connectivity index is 1.82. The first kappa shape index (κ1) is 16.6. The summed E-state index contributed by atoms with van der Waals surface area (Å²) in [7, 11) is -3.84. The van der Waals surface area contributed by atoms with Gasteiger partial charge in [-0.2, -0.15) is 4.31 Å². The maximum Gasteiger partial charge on any atom is 0.243 e. The van der Waals surface area contributed by atoms with Crippen LogP contribution in [0.5, 0.6) is 0 Å². The van der Waals surface area contributed by atoms with Crippen molar-refractivity contribution in [2.75, 3.05) is 11.9 Å². The van der Waals surface area contributed by atoms with E-state index in [1.807, 2.05) is 6.07 Å². The molecule has 5 nitrogen and oxygen atoms in total. The number of hydrogen-bond acceptors (Lipinski definition) is 3. The van der Waals surface area contributed by atoms with Crippen LogP contribution in [-0.4, -0.2) is 31.2 Å². The van der Waals surface area contributed by atoms with E-state index in [0.717, 1.165) is 12.1 Å². The zero-order valence-corrected chi connectivity index (χ0v) is 13.7. The molecule has 0 aromatic heterocycles. The number of sulfonamides is 1. The molecule has 0 aliphatic carbocycles. The summed E-state index contributed by atoms with van der Waals surface area (Å²) in [6, 6.07) is 12.8. The first-order chi connectivity index (χ1) is 11.5. The van der Waals surface area contributed by atoms with Crippen LogP contribution in [-0.2, 0) is 14.8 Å². The van der Waals surface area contributed by atoms with Crippen LogP contribution < -0.4 is 5.32 Å². The molecule has 0 spiro atoms. The molecule has 24 heavy (non-hydrogen) atoms. The van der Waals surface area contributed by atoms with E-state index in [9.17, 15) is 17.6 Å². The van der Waals surface area contributed by atoms with Gasteiger partial charge in [-0.1, -0.05) is 18.2 Å². The Kier molecular flexibility index (Phi) is 4.64. The number of halogens is 1. The molecular formula is C17H17FN2O3S. The van der Waals surface area contributed by atoms with Gasteiger partial charge in [-0.15, -0.1) is 0 Å².